The average molecular weight is 163 g/mol. The highest BCUT2D eigenvalue weighted by atomic mass is 16.5. The maximum atomic E-state index is 9.49. The molecule has 0 bridgehead atoms. The molecular weight excluding hydrogens is 150 g/mol. The maximum Gasteiger partial charge on any atom is 0.0666 e. The molecule has 1 aliphatic heterocycles. The molecule has 0 saturated carbocycles. The van der Waals surface area contributed by atoms with Crippen LogP contribution in [0.2, 0.25) is 0 Å². The summed E-state index contributed by atoms with van der Waals surface area (Å²) in [5, 5.41) is 10.8. The van der Waals surface area contributed by atoms with Crippen LogP contribution >= 0.6 is 0 Å². The average Bonchev–Trinajstić information content (AvgIpc) is 2.04. The zero-order valence-corrected chi connectivity index (χ0v) is 7.25. The molecule has 0 aromatic heterocycles. The fraction of sp³-hybridized carbons (Fsp3) is 0.400. The molecule has 2 rings (SSSR count). The zero-order valence-electron chi connectivity index (χ0n) is 7.25. The molecule has 0 saturated heterocycles. The van der Waals surface area contributed by atoms with Gasteiger partial charge in [0.25, 0.3) is 0 Å². The van der Waals surface area contributed by atoms with Crippen LogP contribution in [-0.4, -0.2) is 11.8 Å². The molecule has 1 aromatic rings. The van der Waals surface area contributed by atoms with Gasteiger partial charge in [0.15, 0.2) is 0 Å². The predicted molar refractivity (Wildman–Crippen MR) is 48.6 cm³/mol. The first-order chi connectivity index (χ1) is 5.77. The fourth-order valence-electron chi connectivity index (χ4n) is 1.71. The second kappa shape index (κ2) is 2.79. The van der Waals surface area contributed by atoms with E-state index in [1.54, 1.807) is 0 Å². The maximum absolute atomic E-state index is 9.49. The molecule has 0 spiro atoms. The second-order valence-electron chi connectivity index (χ2n) is 3.36. The largest absolute Gasteiger partial charge is 0.288 e. The van der Waals surface area contributed by atoms with Crippen LogP contribution in [0.5, 0.6) is 0 Å². The molecule has 0 amide bonds. The Hall–Kier alpha value is -1.02. The molecule has 1 aromatic carbocycles. The van der Waals surface area contributed by atoms with E-state index in [-0.39, 0.29) is 0 Å². The highest BCUT2D eigenvalue weighted by Gasteiger charge is 2.13. The Labute approximate surface area is 72.4 Å². The first kappa shape index (κ1) is 7.62. The van der Waals surface area contributed by atoms with Crippen molar-refractivity contribution in [1.82, 2.24) is 0 Å². The summed E-state index contributed by atoms with van der Waals surface area (Å²) in [5.41, 5.74) is 3.51. The molecule has 1 heterocycles. The number of hydrogen-bond acceptors (Lipinski definition) is 2. The highest BCUT2D eigenvalue weighted by molar-refractivity contribution is 5.54. The summed E-state index contributed by atoms with van der Waals surface area (Å²) >= 11 is 0. The van der Waals surface area contributed by atoms with Gasteiger partial charge in [0.2, 0.25) is 0 Å². The third kappa shape index (κ3) is 1.18. The molecule has 0 fully saturated rings. The number of benzene rings is 1. The van der Waals surface area contributed by atoms with Crippen LogP contribution in [0, 0.1) is 6.92 Å². The molecule has 0 unspecified atom stereocenters. The third-order valence-corrected chi connectivity index (χ3v) is 2.33. The van der Waals surface area contributed by atoms with Crippen molar-refractivity contribution >= 4 is 5.69 Å². The van der Waals surface area contributed by atoms with Gasteiger partial charge in [-0.2, -0.15) is 0 Å². The minimum atomic E-state index is 0.760. The lowest BCUT2D eigenvalue weighted by atomic mass is 10.0. The van der Waals surface area contributed by atoms with E-state index >= 15 is 0 Å². The summed E-state index contributed by atoms with van der Waals surface area (Å²) in [6.45, 7) is 2.84. The van der Waals surface area contributed by atoms with Crippen LogP contribution in [-0.2, 0) is 6.42 Å². The van der Waals surface area contributed by atoms with Crippen molar-refractivity contribution < 1.29 is 5.21 Å². The Bertz CT molecular complexity index is 296. The number of anilines is 1. The molecule has 1 aliphatic rings. The number of rotatable bonds is 0. The van der Waals surface area contributed by atoms with Gasteiger partial charge in [0, 0.05) is 6.54 Å². The van der Waals surface area contributed by atoms with Crippen molar-refractivity contribution in [2.75, 3.05) is 11.6 Å². The van der Waals surface area contributed by atoms with Gasteiger partial charge >= 0.3 is 0 Å². The summed E-state index contributed by atoms with van der Waals surface area (Å²) < 4.78 is 0. The Balaban J connectivity index is 2.46. The standard InChI is InChI=1S/C10H13NO/c1-8-4-5-10-9(7-8)3-2-6-11(10)12/h4-5,7,12H,2-3,6H2,1H3. The Morgan fingerprint density at radius 2 is 2.25 bits per heavy atom. The summed E-state index contributed by atoms with van der Waals surface area (Å²) in [4.78, 5) is 0. The topological polar surface area (TPSA) is 23.5 Å². The van der Waals surface area contributed by atoms with Crippen molar-refractivity contribution in [3.05, 3.63) is 29.3 Å². The molecule has 1 N–H and O–H groups in total. The Morgan fingerprint density at radius 1 is 1.42 bits per heavy atom. The molecule has 0 aliphatic carbocycles. The van der Waals surface area contributed by atoms with E-state index in [1.165, 1.54) is 16.2 Å². The summed E-state index contributed by atoms with van der Waals surface area (Å²) in [6, 6.07) is 6.18. The van der Waals surface area contributed by atoms with Gasteiger partial charge in [-0.3, -0.25) is 10.3 Å². The number of nitrogens with zero attached hydrogens (tertiary/aromatic N) is 1. The Kier molecular flexibility index (Phi) is 1.77. The van der Waals surface area contributed by atoms with E-state index in [0.717, 1.165) is 25.1 Å². The monoisotopic (exact) mass is 163 g/mol. The van der Waals surface area contributed by atoms with Gasteiger partial charge in [-0.05, 0) is 31.4 Å². The smallest absolute Gasteiger partial charge is 0.0666 e. The van der Waals surface area contributed by atoms with E-state index in [9.17, 15) is 5.21 Å². The van der Waals surface area contributed by atoms with Gasteiger partial charge in [-0.1, -0.05) is 17.7 Å². The van der Waals surface area contributed by atoms with E-state index < -0.39 is 0 Å². The molecule has 12 heavy (non-hydrogen) atoms. The van der Waals surface area contributed by atoms with E-state index in [2.05, 4.69) is 13.0 Å². The van der Waals surface area contributed by atoms with Crippen LogP contribution < -0.4 is 5.06 Å². The highest BCUT2D eigenvalue weighted by Crippen LogP contribution is 2.26. The minimum Gasteiger partial charge on any atom is -0.288 e. The van der Waals surface area contributed by atoms with Gasteiger partial charge in [-0.15, -0.1) is 0 Å². The molecule has 64 valence electrons. The van der Waals surface area contributed by atoms with Crippen LogP contribution in [0.4, 0.5) is 5.69 Å². The summed E-state index contributed by atoms with van der Waals surface area (Å²) in [5.74, 6) is 0. The van der Waals surface area contributed by atoms with Crippen LogP contribution in [0.15, 0.2) is 18.2 Å². The van der Waals surface area contributed by atoms with E-state index in [4.69, 9.17) is 0 Å². The molecular formula is C10H13NO. The van der Waals surface area contributed by atoms with Crippen LogP contribution in [0.3, 0.4) is 0 Å². The number of fused-ring (bicyclic) bond motifs is 1. The van der Waals surface area contributed by atoms with E-state index in [0.29, 0.717) is 0 Å². The lowest BCUT2D eigenvalue weighted by molar-refractivity contribution is 0.246. The quantitative estimate of drug-likeness (QED) is 0.633. The number of hydrogen-bond donors (Lipinski definition) is 1. The summed E-state index contributed by atoms with van der Waals surface area (Å²) in [7, 11) is 0. The molecule has 2 heteroatoms. The van der Waals surface area contributed by atoms with Crippen LogP contribution in [0.1, 0.15) is 17.5 Å². The molecule has 2 nitrogen and oxygen atoms in total. The van der Waals surface area contributed by atoms with Crippen molar-refractivity contribution in [3.8, 4) is 0 Å². The third-order valence-electron chi connectivity index (χ3n) is 2.33. The SMILES string of the molecule is Cc1ccc2c(c1)CCCN2O. The zero-order chi connectivity index (χ0) is 8.55. The molecule has 0 atom stereocenters. The Morgan fingerprint density at radius 3 is 3.08 bits per heavy atom. The van der Waals surface area contributed by atoms with Gasteiger partial charge in [-0.25, -0.2) is 0 Å². The predicted octanol–water partition coefficient (Wildman–Crippen LogP) is 2.14. The van der Waals surface area contributed by atoms with Gasteiger partial charge in [0.1, 0.15) is 0 Å². The first-order valence-corrected chi connectivity index (χ1v) is 4.33. The normalized spacial score (nSPS) is 16.0. The minimum absolute atomic E-state index is 0.760. The van der Waals surface area contributed by atoms with E-state index in [1.807, 2.05) is 12.1 Å². The molecule has 0 radical (unpaired) electrons. The lowest BCUT2D eigenvalue weighted by Gasteiger charge is -2.25. The van der Waals surface area contributed by atoms with Crippen molar-refractivity contribution in [2.24, 2.45) is 0 Å². The number of aryl methyl sites for hydroxylation is 2. The van der Waals surface area contributed by atoms with Crippen molar-refractivity contribution in [3.63, 3.8) is 0 Å². The van der Waals surface area contributed by atoms with Crippen molar-refractivity contribution in [1.29, 1.82) is 0 Å². The number of hydroxylamine groups is 1. The van der Waals surface area contributed by atoms with Crippen molar-refractivity contribution in [2.45, 2.75) is 19.8 Å². The van der Waals surface area contributed by atoms with Crippen LogP contribution in [0.25, 0.3) is 0 Å². The second-order valence-corrected chi connectivity index (χ2v) is 3.36. The van der Waals surface area contributed by atoms with Gasteiger partial charge < -0.3 is 0 Å². The fourth-order valence-corrected chi connectivity index (χ4v) is 1.71. The summed E-state index contributed by atoms with van der Waals surface area (Å²) in [6.07, 6.45) is 2.14. The van der Waals surface area contributed by atoms with Gasteiger partial charge in [0.05, 0.1) is 5.69 Å². The lowest BCUT2D eigenvalue weighted by Crippen LogP contribution is -2.25. The first-order valence-electron chi connectivity index (χ1n) is 4.33.